The zero-order valence-electron chi connectivity index (χ0n) is 5.27. The zero-order chi connectivity index (χ0) is 9.46. The lowest BCUT2D eigenvalue weighted by Crippen LogP contribution is -2.02. The van der Waals surface area contributed by atoms with Crippen LogP contribution in [0, 0.1) is 30.4 Å². The molecule has 0 nitrogen and oxygen atoms in total. The van der Waals surface area contributed by atoms with Crippen LogP contribution in [0.2, 0.25) is 0 Å². The van der Waals surface area contributed by atoms with Crippen LogP contribution in [-0.4, -0.2) is 0 Å². The first-order chi connectivity index (χ1) is 5.46. The standard InChI is InChI=1S/C6F4I2/c7-1-2(8)6(12)4(10)3(9)5(1)11. The molecule has 1 aromatic carbocycles. The lowest BCUT2D eigenvalue weighted by molar-refractivity contribution is 0.437. The second-order valence-corrected chi connectivity index (χ2v) is 4.04. The smallest absolute Gasteiger partial charge is 0.176 e. The minimum atomic E-state index is -1.35. The molecule has 0 amide bonds. The van der Waals surface area contributed by atoms with Gasteiger partial charge in [0.2, 0.25) is 0 Å². The van der Waals surface area contributed by atoms with Crippen molar-refractivity contribution in [3.63, 3.8) is 0 Å². The highest BCUT2D eigenvalue weighted by Gasteiger charge is 2.21. The summed E-state index contributed by atoms with van der Waals surface area (Å²) in [6, 6.07) is 0. The van der Waals surface area contributed by atoms with Crippen molar-refractivity contribution in [1.29, 1.82) is 0 Å². The molecule has 6 heteroatoms. The molecule has 0 fully saturated rings. The summed E-state index contributed by atoms with van der Waals surface area (Å²) in [6.07, 6.45) is 0. The Morgan fingerprint density at radius 2 is 0.750 bits per heavy atom. The van der Waals surface area contributed by atoms with Gasteiger partial charge in [-0.2, -0.15) is 0 Å². The summed E-state index contributed by atoms with van der Waals surface area (Å²) in [4.78, 5) is 0. The zero-order valence-corrected chi connectivity index (χ0v) is 9.58. The fourth-order valence-corrected chi connectivity index (χ4v) is 1.53. The second kappa shape index (κ2) is 3.64. The first kappa shape index (κ1) is 10.5. The van der Waals surface area contributed by atoms with Gasteiger partial charge in [0.1, 0.15) is 0 Å². The molecule has 0 aliphatic heterocycles. The Morgan fingerprint density at radius 1 is 0.583 bits per heavy atom. The third-order valence-corrected chi connectivity index (χ3v) is 3.05. The minimum absolute atomic E-state index is 0.664. The molecule has 12 heavy (non-hydrogen) atoms. The fraction of sp³-hybridized carbons (Fsp3) is 0. The summed E-state index contributed by atoms with van der Waals surface area (Å²) in [5.41, 5.74) is 0. The van der Waals surface area contributed by atoms with Gasteiger partial charge >= 0.3 is 0 Å². The van der Waals surface area contributed by atoms with E-state index in [2.05, 4.69) is 0 Å². The van der Waals surface area contributed by atoms with Gasteiger partial charge in [-0.15, -0.1) is 0 Å². The molecule has 0 heterocycles. The van der Waals surface area contributed by atoms with Crippen LogP contribution in [0.1, 0.15) is 0 Å². The van der Waals surface area contributed by atoms with Crippen LogP contribution in [0.25, 0.3) is 0 Å². The molecule has 0 aliphatic rings. The van der Waals surface area contributed by atoms with Crippen molar-refractivity contribution >= 4 is 45.2 Å². The first-order valence-corrected chi connectivity index (χ1v) is 4.79. The summed E-state index contributed by atoms with van der Waals surface area (Å²) >= 11 is 2.41. The molecular weight excluding hydrogens is 402 g/mol. The van der Waals surface area contributed by atoms with Crippen LogP contribution in [0.5, 0.6) is 0 Å². The maximum absolute atomic E-state index is 12.6. The molecule has 1 rings (SSSR count). The van der Waals surface area contributed by atoms with Gasteiger partial charge in [-0.05, 0) is 45.2 Å². The maximum Gasteiger partial charge on any atom is 0.176 e. The normalized spacial score (nSPS) is 10.5. The molecular formula is C6F4I2. The van der Waals surface area contributed by atoms with Gasteiger partial charge in [0, 0.05) is 0 Å². The summed E-state index contributed by atoms with van der Waals surface area (Å²) < 4.78 is 49.2. The van der Waals surface area contributed by atoms with E-state index in [0.29, 0.717) is 0 Å². The summed E-state index contributed by atoms with van der Waals surface area (Å²) in [5.74, 6) is -5.39. The highest BCUT2D eigenvalue weighted by molar-refractivity contribution is 14.1. The lowest BCUT2D eigenvalue weighted by Gasteiger charge is -2.02. The van der Waals surface area contributed by atoms with Gasteiger partial charge in [-0.1, -0.05) is 0 Å². The van der Waals surface area contributed by atoms with E-state index in [1.165, 1.54) is 45.2 Å². The Labute approximate surface area is 92.6 Å². The monoisotopic (exact) mass is 402 g/mol. The van der Waals surface area contributed by atoms with Crippen molar-refractivity contribution in [2.45, 2.75) is 0 Å². The largest absolute Gasteiger partial charge is 0.202 e. The molecule has 0 N–H and O–H groups in total. The lowest BCUT2D eigenvalue weighted by atomic mass is 10.3. The maximum atomic E-state index is 12.6. The second-order valence-electron chi connectivity index (χ2n) is 1.88. The van der Waals surface area contributed by atoms with Gasteiger partial charge < -0.3 is 0 Å². The van der Waals surface area contributed by atoms with Gasteiger partial charge in [0.15, 0.2) is 23.3 Å². The number of hydrogen-bond acceptors (Lipinski definition) is 0. The van der Waals surface area contributed by atoms with Crippen molar-refractivity contribution in [3.8, 4) is 0 Å². The van der Waals surface area contributed by atoms with E-state index >= 15 is 0 Å². The van der Waals surface area contributed by atoms with Crippen molar-refractivity contribution < 1.29 is 17.6 Å². The van der Waals surface area contributed by atoms with Gasteiger partial charge in [0.25, 0.3) is 0 Å². The van der Waals surface area contributed by atoms with Crippen LogP contribution >= 0.6 is 45.2 Å². The Hall–Kier alpha value is 0.400. The van der Waals surface area contributed by atoms with Crippen molar-refractivity contribution in [2.75, 3.05) is 0 Å². The van der Waals surface area contributed by atoms with E-state index in [0.717, 1.165) is 0 Å². The highest BCUT2D eigenvalue weighted by Crippen LogP contribution is 2.25. The number of rotatable bonds is 0. The Balaban J connectivity index is 3.60. The Kier molecular flexibility index (Phi) is 3.18. The van der Waals surface area contributed by atoms with E-state index in [1.807, 2.05) is 0 Å². The van der Waals surface area contributed by atoms with Crippen molar-refractivity contribution in [2.24, 2.45) is 0 Å². The van der Waals surface area contributed by atoms with Crippen molar-refractivity contribution in [3.05, 3.63) is 30.4 Å². The molecule has 66 valence electrons. The van der Waals surface area contributed by atoms with E-state index in [4.69, 9.17) is 0 Å². The third kappa shape index (κ3) is 1.54. The van der Waals surface area contributed by atoms with Crippen LogP contribution in [0.4, 0.5) is 17.6 Å². The highest BCUT2D eigenvalue weighted by atomic mass is 127. The van der Waals surface area contributed by atoms with E-state index < -0.39 is 30.4 Å². The van der Waals surface area contributed by atoms with E-state index in [1.54, 1.807) is 0 Å². The predicted molar refractivity (Wildman–Crippen MR) is 51.7 cm³/mol. The number of hydrogen-bond donors (Lipinski definition) is 0. The number of benzene rings is 1. The van der Waals surface area contributed by atoms with Gasteiger partial charge in [-0.25, -0.2) is 17.6 Å². The molecule has 0 aromatic heterocycles. The molecule has 0 saturated heterocycles. The molecule has 0 bridgehead atoms. The van der Waals surface area contributed by atoms with E-state index in [-0.39, 0.29) is 0 Å². The third-order valence-electron chi connectivity index (χ3n) is 1.16. The topological polar surface area (TPSA) is 0 Å². The van der Waals surface area contributed by atoms with Crippen LogP contribution in [0.15, 0.2) is 0 Å². The van der Waals surface area contributed by atoms with Crippen molar-refractivity contribution in [1.82, 2.24) is 0 Å². The SMILES string of the molecule is Fc1c(F)c(I)c(F)c(F)c1I. The Morgan fingerprint density at radius 3 is 0.917 bits per heavy atom. The average Bonchev–Trinajstić information content (AvgIpc) is 2.08. The summed E-state index contributed by atoms with van der Waals surface area (Å²) in [5, 5.41) is 0. The quantitative estimate of drug-likeness (QED) is 0.270. The minimum Gasteiger partial charge on any atom is -0.202 e. The van der Waals surface area contributed by atoms with Gasteiger partial charge in [-0.3, -0.25) is 0 Å². The molecule has 1 aromatic rings. The molecule has 0 aliphatic carbocycles. The Bertz CT molecular complexity index is 232. The predicted octanol–water partition coefficient (Wildman–Crippen LogP) is 3.45. The molecule has 0 unspecified atom stereocenters. The summed E-state index contributed by atoms with van der Waals surface area (Å²) in [7, 11) is 0. The molecule has 0 atom stereocenters. The van der Waals surface area contributed by atoms with Crippen LogP contribution in [0.3, 0.4) is 0 Å². The molecule has 0 saturated carbocycles. The molecule has 0 radical (unpaired) electrons. The molecule has 0 spiro atoms. The fourth-order valence-electron chi connectivity index (χ4n) is 0.578. The van der Waals surface area contributed by atoms with Gasteiger partial charge in [0.05, 0.1) is 7.14 Å². The average molecular weight is 402 g/mol. The first-order valence-electron chi connectivity index (χ1n) is 2.63. The van der Waals surface area contributed by atoms with Crippen LogP contribution in [-0.2, 0) is 0 Å². The van der Waals surface area contributed by atoms with Crippen LogP contribution < -0.4 is 0 Å². The number of halogens is 6. The van der Waals surface area contributed by atoms with E-state index in [9.17, 15) is 17.6 Å². The summed E-state index contributed by atoms with van der Waals surface area (Å²) in [6.45, 7) is 0.